The van der Waals surface area contributed by atoms with Crippen molar-refractivity contribution in [2.45, 2.75) is 84.3 Å². The van der Waals surface area contributed by atoms with Gasteiger partial charge in [-0.1, -0.05) is 33.6 Å². The summed E-state index contributed by atoms with van der Waals surface area (Å²) in [5.74, 6) is 1.76. The second kappa shape index (κ2) is 7.08. The summed E-state index contributed by atoms with van der Waals surface area (Å²) >= 11 is 0. The molecule has 2 fully saturated rings. The highest BCUT2D eigenvalue weighted by atomic mass is 15.2. The molecular weight excluding hydrogens is 232 g/mol. The van der Waals surface area contributed by atoms with Crippen LogP contribution in [-0.4, -0.2) is 36.1 Å². The van der Waals surface area contributed by atoms with E-state index in [0.717, 1.165) is 30.5 Å². The van der Waals surface area contributed by atoms with Crippen LogP contribution in [0.15, 0.2) is 0 Å². The van der Waals surface area contributed by atoms with Crippen LogP contribution < -0.4 is 5.32 Å². The first kappa shape index (κ1) is 15.3. The molecule has 1 saturated heterocycles. The molecule has 1 aliphatic heterocycles. The Bertz CT molecular complexity index is 262. The summed E-state index contributed by atoms with van der Waals surface area (Å²) in [6.45, 7) is 11.9. The van der Waals surface area contributed by atoms with Gasteiger partial charge in [0.1, 0.15) is 0 Å². The van der Waals surface area contributed by atoms with Crippen molar-refractivity contribution in [2.75, 3.05) is 13.1 Å². The summed E-state index contributed by atoms with van der Waals surface area (Å²) in [7, 11) is 0. The molecule has 4 atom stereocenters. The monoisotopic (exact) mass is 266 g/mol. The molecule has 1 aliphatic carbocycles. The molecule has 1 heterocycles. The third-order valence-electron chi connectivity index (χ3n) is 5.48. The molecular formula is C17H34N2. The number of hydrogen-bond acceptors (Lipinski definition) is 2. The molecule has 2 aliphatic rings. The fourth-order valence-electron chi connectivity index (χ4n) is 4.09. The van der Waals surface area contributed by atoms with Crippen LogP contribution in [0.4, 0.5) is 0 Å². The summed E-state index contributed by atoms with van der Waals surface area (Å²) in [4.78, 5) is 2.86. The first-order valence-corrected chi connectivity index (χ1v) is 8.58. The van der Waals surface area contributed by atoms with E-state index in [-0.39, 0.29) is 0 Å². The molecule has 2 nitrogen and oxygen atoms in total. The summed E-state index contributed by atoms with van der Waals surface area (Å²) in [6, 6.07) is 2.24. The Morgan fingerprint density at radius 2 is 1.68 bits per heavy atom. The zero-order valence-electron chi connectivity index (χ0n) is 13.5. The Kier molecular flexibility index (Phi) is 5.70. The second-order valence-electron chi connectivity index (χ2n) is 7.27. The number of fused-ring (bicyclic) bond motifs is 1. The zero-order valence-corrected chi connectivity index (χ0v) is 13.5. The lowest BCUT2D eigenvalue weighted by atomic mass is 9.77. The highest BCUT2D eigenvalue weighted by molar-refractivity contribution is 4.91. The van der Waals surface area contributed by atoms with Crippen LogP contribution in [0, 0.1) is 11.8 Å². The molecule has 0 radical (unpaired) electrons. The smallest absolute Gasteiger partial charge is 0.0126 e. The van der Waals surface area contributed by atoms with E-state index in [9.17, 15) is 0 Å². The lowest BCUT2D eigenvalue weighted by Crippen LogP contribution is -2.53. The van der Waals surface area contributed by atoms with Crippen molar-refractivity contribution < 1.29 is 0 Å². The van der Waals surface area contributed by atoms with E-state index in [4.69, 9.17) is 0 Å². The van der Waals surface area contributed by atoms with Crippen LogP contribution in [-0.2, 0) is 0 Å². The third-order valence-corrected chi connectivity index (χ3v) is 5.48. The van der Waals surface area contributed by atoms with E-state index in [1.165, 1.54) is 45.1 Å². The molecule has 4 unspecified atom stereocenters. The van der Waals surface area contributed by atoms with Gasteiger partial charge in [0.2, 0.25) is 0 Å². The minimum absolute atomic E-state index is 0.610. The van der Waals surface area contributed by atoms with Crippen LogP contribution in [0.25, 0.3) is 0 Å². The van der Waals surface area contributed by atoms with Gasteiger partial charge in [0, 0.05) is 18.1 Å². The number of hydrogen-bond donors (Lipinski definition) is 1. The number of piperidine rings is 1. The maximum absolute atomic E-state index is 3.61. The van der Waals surface area contributed by atoms with Crippen molar-refractivity contribution in [1.82, 2.24) is 10.2 Å². The Morgan fingerprint density at radius 1 is 1.00 bits per heavy atom. The van der Waals surface area contributed by atoms with Crippen molar-refractivity contribution in [1.29, 1.82) is 0 Å². The van der Waals surface area contributed by atoms with E-state index < -0.39 is 0 Å². The van der Waals surface area contributed by atoms with Gasteiger partial charge in [-0.05, 0) is 57.5 Å². The Hall–Kier alpha value is -0.0800. The van der Waals surface area contributed by atoms with E-state index in [0.29, 0.717) is 6.04 Å². The summed E-state index contributed by atoms with van der Waals surface area (Å²) in [5, 5.41) is 3.61. The molecule has 1 saturated carbocycles. The molecule has 0 amide bonds. The molecule has 0 aromatic heterocycles. The van der Waals surface area contributed by atoms with Gasteiger partial charge in [-0.3, -0.25) is 4.90 Å². The average Bonchev–Trinajstić information content (AvgIpc) is 2.43. The topological polar surface area (TPSA) is 15.3 Å². The van der Waals surface area contributed by atoms with Crippen molar-refractivity contribution in [3.05, 3.63) is 0 Å². The molecule has 0 bridgehead atoms. The predicted molar refractivity (Wildman–Crippen MR) is 83.5 cm³/mol. The van der Waals surface area contributed by atoms with Crippen LogP contribution in [0.5, 0.6) is 0 Å². The standard InChI is InChI=1S/C17H34N2/c1-13(2)18-12-14(3)15(4)19-11-7-9-16-8-5-6-10-17(16)19/h13-18H,5-12H2,1-4H3. The Labute approximate surface area is 120 Å². The van der Waals surface area contributed by atoms with Gasteiger partial charge in [-0.25, -0.2) is 0 Å². The van der Waals surface area contributed by atoms with Gasteiger partial charge in [0.25, 0.3) is 0 Å². The molecule has 0 aromatic rings. The van der Waals surface area contributed by atoms with Crippen molar-refractivity contribution in [2.24, 2.45) is 11.8 Å². The van der Waals surface area contributed by atoms with Gasteiger partial charge in [-0.2, -0.15) is 0 Å². The Morgan fingerprint density at radius 3 is 2.42 bits per heavy atom. The summed E-state index contributed by atoms with van der Waals surface area (Å²) < 4.78 is 0. The highest BCUT2D eigenvalue weighted by Gasteiger charge is 2.36. The maximum Gasteiger partial charge on any atom is 0.0126 e. The predicted octanol–water partition coefficient (Wildman–Crippen LogP) is 3.66. The molecule has 0 aromatic carbocycles. The minimum atomic E-state index is 0.610. The minimum Gasteiger partial charge on any atom is -0.314 e. The van der Waals surface area contributed by atoms with Gasteiger partial charge < -0.3 is 5.32 Å². The van der Waals surface area contributed by atoms with Gasteiger partial charge in [0.05, 0.1) is 0 Å². The molecule has 19 heavy (non-hydrogen) atoms. The van der Waals surface area contributed by atoms with Gasteiger partial charge in [-0.15, -0.1) is 0 Å². The molecule has 2 rings (SSSR count). The maximum atomic E-state index is 3.61. The number of likely N-dealkylation sites (tertiary alicyclic amines) is 1. The summed E-state index contributed by atoms with van der Waals surface area (Å²) in [6.07, 6.45) is 8.81. The fourth-order valence-corrected chi connectivity index (χ4v) is 4.09. The van der Waals surface area contributed by atoms with Crippen LogP contribution in [0.2, 0.25) is 0 Å². The molecule has 112 valence electrons. The normalized spacial score (nSPS) is 32.1. The van der Waals surface area contributed by atoms with Crippen molar-refractivity contribution >= 4 is 0 Å². The Balaban J connectivity index is 1.90. The van der Waals surface area contributed by atoms with E-state index in [1.54, 1.807) is 0 Å². The van der Waals surface area contributed by atoms with E-state index in [1.807, 2.05) is 0 Å². The number of rotatable bonds is 5. The summed E-state index contributed by atoms with van der Waals surface area (Å²) in [5.41, 5.74) is 0. The average molecular weight is 266 g/mol. The lowest BCUT2D eigenvalue weighted by molar-refractivity contribution is 0.0139. The van der Waals surface area contributed by atoms with Crippen molar-refractivity contribution in [3.63, 3.8) is 0 Å². The molecule has 0 spiro atoms. The van der Waals surface area contributed by atoms with Crippen LogP contribution in [0.3, 0.4) is 0 Å². The largest absolute Gasteiger partial charge is 0.314 e. The third kappa shape index (κ3) is 3.95. The fraction of sp³-hybridized carbons (Fsp3) is 1.00. The van der Waals surface area contributed by atoms with Gasteiger partial charge >= 0.3 is 0 Å². The van der Waals surface area contributed by atoms with Crippen LogP contribution >= 0.6 is 0 Å². The highest BCUT2D eigenvalue weighted by Crippen LogP contribution is 2.37. The lowest BCUT2D eigenvalue weighted by Gasteiger charge is -2.48. The van der Waals surface area contributed by atoms with Crippen molar-refractivity contribution in [3.8, 4) is 0 Å². The van der Waals surface area contributed by atoms with Gasteiger partial charge in [0.15, 0.2) is 0 Å². The van der Waals surface area contributed by atoms with E-state index >= 15 is 0 Å². The van der Waals surface area contributed by atoms with Crippen LogP contribution in [0.1, 0.15) is 66.2 Å². The second-order valence-corrected chi connectivity index (χ2v) is 7.27. The number of nitrogens with one attached hydrogen (secondary N) is 1. The first-order chi connectivity index (χ1) is 9.09. The zero-order chi connectivity index (χ0) is 13.8. The molecule has 2 heteroatoms. The van der Waals surface area contributed by atoms with E-state index in [2.05, 4.69) is 37.9 Å². The SMILES string of the molecule is CC(C)NCC(C)C(C)N1CCCC2CCCCC21. The number of nitrogens with zero attached hydrogens (tertiary/aromatic N) is 1. The quantitative estimate of drug-likeness (QED) is 0.817. The molecule has 1 N–H and O–H groups in total. The first-order valence-electron chi connectivity index (χ1n) is 8.58.